The molecule has 0 unspecified atom stereocenters. The molecule has 0 spiro atoms. The van der Waals surface area contributed by atoms with Crippen LogP contribution in [0.25, 0.3) is 10.8 Å². The second kappa shape index (κ2) is 18.1. The van der Waals surface area contributed by atoms with Crippen LogP contribution in [0.4, 0.5) is 25.2 Å². The molecule has 0 fully saturated rings. The number of pyridine rings is 1. The minimum absolute atomic E-state index is 1.18. The van der Waals surface area contributed by atoms with Crippen molar-refractivity contribution in [3.05, 3.63) is 42.2 Å². The molecule has 228 valence electrons. The number of H-pyrrole nitrogens is 1. The van der Waals surface area contributed by atoms with Gasteiger partial charge in [0.1, 0.15) is 0 Å². The molecule has 0 radical (unpaired) electrons. The summed E-state index contributed by atoms with van der Waals surface area (Å²) in [5, 5.41) is 2.75. The van der Waals surface area contributed by atoms with Crippen LogP contribution >= 0.6 is 7.81 Å². The van der Waals surface area contributed by atoms with Crippen LogP contribution in [0.3, 0.4) is 0 Å². The summed E-state index contributed by atoms with van der Waals surface area (Å²) in [5.74, 6) is 0. The van der Waals surface area contributed by atoms with Gasteiger partial charge in [-0.3, -0.25) is 0 Å². The van der Waals surface area contributed by atoms with Crippen LogP contribution in [-0.2, 0) is 6.42 Å². The van der Waals surface area contributed by atoms with E-state index in [0.29, 0.717) is 0 Å². The number of rotatable bonds is 21. The molecule has 1 aromatic heterocycles. The van der Waals surface area contributed by atoms with E-state index < -0.39 is 7.81 Å². The third-order valence-corrected chi connectivity index (χ3v) is 7.09. The summed E-state index contributed by atoms with van der Waals surface area (Å²) in [6.07, 6.45) is 32.2. The van der Waals surface area contributed by atoms with Gasteiger partial charge in [0.15, 0.2) is 11.9 Å². The first-order valence-corrected chi connectivity index (χ1v) is 17.3. The first-order chi connectivity index (χ1) is 18.4. The van der Waals surface area contributed by atoms with Gasteiger partial charge >= 0.3 is 33.0 Å². The number of hydrogen-bond donors (Lipinski definition) is 0. The maximum absolute atomic E-state index is 10.7. The third kappa shape index (κ3) is 25.4. The molecule has 2 aromatic rings. The summed E-state index contributed by atoms with van der Waals surface area (Å²) in [5.41, 5.74) is 1.41. The fourth-order valence-electron chi connectivity index (χ4n) is 4.99. The van der Waals surface area contributed by atoms with Crippen molar-refractivity contribution in [1.82, 2.24) is 0 Å². The van der Waals surface area contributed by atoms with E-state index in [1.807, 2.05) is 0 Å². The molecular formula is C31H52F6NP. The molecule has 0 amide bonds. The fourth-order valence-corrected chi connectivity index (χ4v) is 4.99. The van der Waals surface area contributed by atoms with Crippen molar-refractivity contribution in [2.45, 2.75) is 142 Å². The summed E-state index contributed by atoms with van der Waals surface area (Å²) in [6, 6.07) is 10.9. The second-order valence-electron chi connectivity index (χ2n) is 11.0. The van der Waals surface area contributed by atoms with Crippen molar-refractivity contribution < 1.29 is 30.2 Å². The number of nitrogens with one attached hydrogen (secondary N) is 1. The number of benzene rings is 1. The van der Waals surface area contributed by atoms with Gasteiger partial charge in [0.05, 0.1) is 0 Å². The van der Waals surface area contributed by atoms with E-state index in [2.05, 4.69) is 48.4 Å². The Bertz CT molecular complexity index is 869. The standard InChI is InChI=1S/C31H51N.F6P/c1-2-3-4-5-6-7-8-9-10-11-12-13-14-15-16-17-18-19-20-21-26-31-30-25-23-22-24-29(30)27-28-32-31;1-7(2,3,4,5)6/h22-25,27-28H,2-21,26H2,1H3;/q;-1/p+1. The number of unbranched alkanes of at least 4 members (excludes halogenated alkanes) is 19. The molecule has 0 bridgehead atoms. The zero-order valence-electron chi connectivity index (χ0n) is 24.0. The van der Waals surface area contributed by atoms with Gasteiger partial charge in [-0.2, -0.15) is 0 Å². The van der Waals surface area contributed by atoms with Crippen LogP contribution < -0.4 is 4.98 Å². The van der Waals surface area contributed by atoms with Crippen molar-refractivity contribution in [3.63, 3.8) is 0 Å². The molecule has 0 saturated carbocycles. The molecular weight excluding hydrogens is 531 g/mol. The Morgan fingerprint density at radius 2 is 0.872 bits per heavy atom. The van der Waals surface area contributed by atoms with Gasteiger partial charge in [-0.1, -0.05) is 147 Å². The topological polar surface area (TPSA) is 14.1 Å². The second-order valence-corrected chi connectivity index (χ2v) is 12.9. The number of aromatic amines is 1. The number of aryl methyl sites for hydroxylation is 1. The quantitative estimate of drug-likeness (QED) is 0.0788. The Kier molecular flexibility index (Phi) is 16.6. The fraction of sp³-hybridized carbons (Fsp3) is 0.710. The van der Waals surface area contributed by atoms with E-state index >= 15 is 0 Å². The van der Waals surface area contributed by atoms with E-state index in [-0.39, 0.29) is 0 Å². The normalized spacial score (nSPS) is 13.5. The number of fused-ring (bicyclic) bond motifs is 1. The number of aromatic nitrogens is 1. The van der Waals surface area contributed by atoms with E-state index in [1.165, 1.54) is 151 Å². The summed E-state index contributed by atoms with van der Waals surface area (Å²) >= 11 is 0. The molecule has 0 saturated heterocycles. The third-order valence-electron chi connectivity index (χ3n) is 7.09. The number of halogens is 6. The van der Waals surface area contributed by atoms with Crippen LogP contribution in [-0.4, -0.2) is 0 Å². The Labute approximate surface area is 232 Å². The monoisotopic (exact) mass is 583 g/mol. The van der Waals surface area contributed by atoms with Crippen molar-refractivity contribution in [1.29, 1.82) is 0 Å². The summed E-state index contributed by atoms with van der Waals surface area (Å²) in [4.78, 5) is 3.47. The molecule has 1 N–H and O–H groups in total. The zero-order chi connectivity index (χ0) is 28.9. The Morgan fingerprint density at radius 3 is 1.28 bits per heavy atom. The van der Waals surface area contributed by atoms with Crippen LogP contribution in [0.15, 0.2) is 36.5 Å². The van der Waals surface area contributed by atoms with Crippen molar-refractivity contribution >= 4 is 18.6 Å². The average molecular weight is 584 g/mol. The molecule has 1 nitrogen and oxygen atoms in total. The first-order valence-electron chi connectivity index (χ1n) is 15.3. The van der Waals surface area contributed by atoms with Gasteiger partial charge in [0.2, 0.25) is 0 Å². The van der Waals surface area contributed by atoms with Gasteiger partial charge in [0.25, 0.3) is 0 Å². The summed E-state index contributed by atoms with van der Waals surface area (Å²) in [7, 11) is -10.7. The van der Waals surface area contributed by atoms with Gasteiger partial charge in [-0.05, 0) is 17.9 Å². The predicted octanol–water partition coefficient (Wildman–Crippen LogP) is 13.4. The Hall–Kier alpha value is -1.36. The maximum atomic E-state index is 9.87. The summed E-state index contributed by atoms with van der Waals surface area (Å²) in [6.45, 7) is 2.30. The molecule has 39 heavy (non-hydrogen) atoms. The molecule has 2 rings (SSSR count). The molecule has 0 atom stereocenters. The first kappa shape index (κ1) is 35.7. The number of hydrogen-bond acceptors (Lipinski definition) is 0. The van der Waals surface area contributed by atoms with Crippen LogP contribution in [0.5, 0.6) is 0 Å². The molecule has 0 aliphatic rings. The van der Waals surface area contributed by atoms with Crippen molar-refractivity contribution in [2.24, 2.45) is 0 Å². The van der Waals surface area contributed by atoms with Crippen LogP contribution in [0.1, 0.15) is 141 Å². The molecule has 0 aliphatic carbocycles. The van der Waals surface area contributed by atoms with Crippen LogP contribution in [0.2, 0.25) is 0 Å². The Balaban J connectivity index is 0.000000956. The average Bonchev–Trinajstić information content (AvgIpc) is 2.86. The Morgan fingerprint density at radius 1 is 0.513 bits per heavy atom. The van der Waals surface area contributed by atoms with Crippen molar-refractivity contribution in [3.8, 4) is 0 Å². The van der Waals surface area contributed by atoms with Gasteiger partial charge in [0, 0.05) is 17.9 Å². The van der Waals surface area contributed by atoms with Gasteiger partial charge in [-0.15, -0.1) is 0 Å². The zero-order valence-corrected chi connectivity index (χ0v) is 24.9. The summed E-state index contributed by atoms with van der Waals surface area (Å²) < 4.78 is 59.2. The van der Waals surface area contributed by atoms with E-state index in [4.69, 9.17) is 0 Å². The molecule has 1 aromatic carbocycles. The molecule has 0 aliphatic heterocycles. The minimum atomic E-state index is -10.7. The molecule has 1 heterocycles. The SMILES string of the molecule is CCCCCCCCCCCCCCCCCCCCCCc1[nH+]ccc2ccccc12.F[P-](F)(F)(F)(F)F. The van der Waals surface area contributed by atoms with E-state index in [9.17, 15) is 25.2 Å². The van der Waals surface area contributed by atoms with Gasteiger partial charge < -0.3 is 0 Å². The van der Waals surface area contributed by atoms with Gasteiger partial charge in [-0.25, -0.2) is 4.98 Å². The van der Waals surface area contributed by atoms with Crippen LogP contribution in [0, 0.1) is 0 Å². The van der Waals surface area contributed by atoms with E-state index in [0.717, 1.165) is 0 Å². The van der Waals surface area contributed by atoms with Crippen molar-refractivity contribution in [2.75, 3.05) is 0 Å². The van der Waals surface area contributed by atoms with E-state index in [1.54, 1.807) is 0 Å². The predicted molar refractivity (Wildman–Crippen MR) is 156 cm³/mol. The molecule has 8 heteroatoms.